The lowest BCUT2D eigenvalue weighted by molar-refractivity contribution is -0.121. The molecule has 0 saturated heterocycles. The van der Waals surface area contributed by atoms with Crippen LogP contribution >= 0.6 is 0 Å². The molecule has 0 saturated carbocycles. The van der Waals surface area contributed by atoms with Gasteiger partial charge in [0.15, 0.2) is 0 Å². The van der Waals surface area contributed by atoms with Crippen LogP contribution in [0, 0.1) is 0 Å². The fourth-order valence-electron chi connectivity index (χ4n) is 4.26. The van der Waals surface area contributed by atoms with Crippen molar-refractivity contribution in [2.75, 3.05) is 0 Å². The molecule has 2 aromatic heterocycles. The maximum Gasteiger partial charge on any atom is 0.225 e. The second-order valence-electron chi connectivity index (χ2n) is 7.11. The van der Waals surface area contributed by atoms with Crippen molar-refractivity contribution in [2.24, 2.45) is 0 Å². The van der Waals surface area contributed by atoms with Crippen molar-refractivity contribution in [3.63, 3.8) is 0 Å². The van der Waals surface area contributed by atoms with E-state index in [1.165, 1.54) is 16.6 Å². The number of carbonyl (C=O) groups is 1. The Hall–Kier alpha value is -3.01. The van der Waals surface area contributed by atoms with Crippen molar-refractivity contribution in [3.8, 4) is 0 Å². The van der Waals surface area contributed by atoms with Gasteiger partial charge in [0.05, 0.1) is 12.5 Å². The van der Waals surface area contributed by atoms with E-state index in [0.717, 1.165) is 41.2 Å². The van der Waals surface area contributed by atoms with Crippen LogP contribution in [0.2, 0.25) is 0 Å². The second-order valence-corrected chi connectivity index (χ2v) is 7.11. The summed E-state index contributed by atoms with van der Waals surface area (Å²) in [4.78, 5) is 19.5. The average Bonchev–Trinajstić information content (AvgIpc) is 3.24. The molecule has 2 aromatic carbocycles. The van der Waals surface area contributed by atoms with Crippen LogP contribution in [-0.4, -0.2) is 15.9 Å². The van der Waals surface area contributed by atoms with Crippen LogP contribution in [0.1, 0.15) is 35.7 Å². The van der Waals surface area contributed by atoms with Gasteiger partial charge in [0, 0.05) is 33.7 Å². The van der Waals surface area contributed by atoms with Crippen molar-refractivity contribution in [1.82, 2.24) is 15.3 Å². The molecule has 5 rings (SSSR count). The van der Waals surface area contributed by atoms with Gasteiger partial charge in [0.2, 0.25) is 5.91 Å². The third-order valence-electron chi connectivity index (χ3n) is 5.48. The standard InChI is InChI=1S/C22H21N3O/c26-21(12-14-13-23-18-9-3-1-6-15(14)18)24-20-11-5-8-17-16-7-2-4-10-19(16)25-22(17)20/h1-4,6-7,9-10,13,20,23,25H,5,8,11-12H2,(H,24,26). The van der Waals surface area contributed by atoms with Gasteiger partial charge in [0.1, 0.15) is 0 Å². The van der Waals surface area contributed by atoms with Crippen LogP contribution in [0.15, 0.2) is 54.7 Å². The van der Waals surface area contributed by atoms with E-state index >= 15 is 0 Å². The minimum atomic E-state index is 0.0730. The zero-order valence-electron chi connectivity index (χ0n) is 14.5. The Kier molecular flexibility index (Phi) is 3.56. The average molecular weight is 343 g/mol. The van der Waals surface area contributed by atoms with E-state index in [1.54, 1.807) is 0 Å². The molecule has 1 unspecified atom stereocenters. The van der Waals surface area contributed by atoms with Crippen molar-refractivity contribution in [1.29, 1.82) is 0 Å². The number of rotatable bonds is 3. The molecule has 3 N–H and O–H groups in total. The van der Waals surface area contributed by atoms with E-state index in [0.29, 0.717) is 6.42 Å². The number of aromatic nitrogens is 2. The Morgan fingerprint density at radius 1 is 1.04 bits per heavy atom. The van der Waals surface area contributed by atoms with E-state index in [4.69, 9.17) is 0 Å². The highest BCUT2D eigenvalue weighted by atomic mass is 16.1. The van der Waals surface area contributed by atoms with E-state index in [1.807, 2.05) is 24.4 Å². The Labute approximate surface area is 151 Å². The summed E-state index contributed by atoms with van der Waals surface area (Å²) in [5, 5.41) is 5.67. The molecule has 0 fully saturated rings. The smallest absolute Gasteiger partial charge is 0.225 e. The predicted molar refractivity (Wildman–Crippen MR) is 104 cm³/mol. The summed E-state index contributed by atoms with van der Waals surface area (Å²) in [7, 11) is 0. The minimum Gasteiger partial charge on any atom is -0.361 e. The quantitative estimate of drug-likeness (QED) is 0.508. The van der Waals surface area contributed by atoms with Crippen molar-refractivity contribution in [2.45, 2.75) is 31.7 Å². The number of para-hydroxylation sites is 2. The maximum atomic E-state index is 12.7. The van der Waals surface area contributed by atoms with E-state index in [2.05, 4.69) is 45.6 Å². The third-order valence-corrected chi connectivity index (χ3v) is 5.48. The fraction of sp³-hybridized carbons (Fsp3) is 0.227. The number of fused-ring (bicyclic) bond motifs is 4. The molecule has 0 aliphatic heterocycles. The summed E-state index contributed by atoms with van der Waals surface area (Å²) in [6.45, 7) is 0. The first-order chi connectivity index (χ1) is 12.8. The first-order valence-corrected chi connectivity index (χ1v) is 9.23. The van der Waals surface area contributed by atoms with Gasteiger partial charge in [-0.3, -0.25) is 4.79 Å². The molecule has 0 radical (unpaired) electrons. The number of hydrogen-bond acceptors (Lipinski definition) is 1. The van der Waals surface area contributed by atoms with E-state index < -0.39 is 0 Å². The summed E-state index contributed by atoms with van der Waals surface area (Å²) >= 11 is 0. The number of nitrogens with one attached hydrogen (secondary N) is 3. The second kappa shape index (κ2) is 6.06. The zero-order chi connectivity index (χ0) is 17.5. The molecule has 4 nitrogen and oxygen atoms in total. The Morgan fingerprint density at radius 3 is 2.69 bits per heavy atom. The molecule has 1 amide bonds. The summed E-state index contributed by atoms with van der Waals surface area (Å²) in [6, 6.07) is 16.6. The highest BCUT2D eigenvalue weighted by Crippen LogP contribution is 2.34. The van der Waals surface area contributed by atoms with E-state index in [-0.39, 0.29) is 11.9 Å². The van der Waals surface area contributed by atoms with Crippen LogP contribution in [0.5, 0.6) is 0 Å². The lowest BCUT2D eigenvalue weighted by Crippen LogP contribution is -2.32. The van der Waals surface area contributed by atoms with Gasteiger partial charge in [-0.2, -0.15) is 0 Å². The highest BCUT2D eigenvalue weighted by Gasteiger charge is 2.25. The van der Waals surface area contributed by atoms with Crippen LogP contribution in [0.3, 0.4) is 0 Å². The largest absolute Gasteiger partial charge is 0.361 e. The van der Waals surface area contributed by atoms with Gasteiger partial charge < -0.3 is 15.3 Å². The summed E-state index contributed by atoms with van der Waals surface area (Å²) in [5.74, 6) is 0.0752. The van der Waals surface area contributed by atoms with Crippen molar-refractivity contribution in [3.05, 3.63) is 71.5 Å². The summed E-state index contributed by atoms with van der Waals surface area (Å²) in [5.41, 5.74) is 5.83. The van der Waals surface area contributed by atoms with Crippen LogP contribution in [-0.2, 0) is 17.6 Å². The molecule has 1 atom stereocenters. The Morgan fingerprint density at radius 2 is 1.81 bits per heavy atom. The van der Waals surface area contributed by atoms with Gasteiger partial charge in [-0.15, -0.1) is 0 Å². The molecule has 1 aliphatic carbocycles. The van der Waals surface area contributed by atoms with Gasteiger partial charge in [-0.1, -0.05) is 36.4 Å². The SMILES string of the molecule is O=C(Cc1c[nH]c2ccccc12)NC1CCCc2c1[nH]c1ccccc21. The lowest BCUT2D eigenvalue weighted by Gasteiger charge is -2.23. The van der Waals surface area contributed by atoms with Gasteiger partial charge >= 0.3 is 0 Å². The van der Waals surface area contributed by atoms with Crippen LogP contribution in [0.25, 0.3) is 21.8 Å². The molecular formula is C22H21N3O. The lowest BCUT2D eigenvalue weighted by atomic mass is 9.91. The molecule has 4 aromatic rings. The van der Waals surface area contributed by atoms with Gasteiger partial charge in [-0.25, -0.2) is 0 Å². The van der Waals surface area contributed by atoms with E-state index in [9.17, 15) is 4.79 Å². The normalized spacial score (nSPS) is 16.7. The summed E-state index contributed by atoms with van der Waals surface area (Å²) in [6.07, 6.45) is 5.51. The molecule has 2 heterocycles. The molecule has 130 valence electrons. The number of benzene rings is 2. The van der Waals surface area contributed by atoms with Gasteiger partial charge in [0.25, 0.3) is 0 Å². The Bertz CT molecular complexity index is 1100. The van der Waals surface area contributed by atoms with Gasteiger partial charge in [-0.05, 0) is 42.5 Å². The highest BCUT2D eigenvalue weighted by molar-refractivity contribution is 5.89. The number of aryl methyl sites for hydroxylation is 1. The van der Waals surface area contributed by atoms with Crippen LogP contribution < -0.4 is 5.32 Å². The number of amides is 1. The number of carbonyl (C=O) groups excluding carboxylic acids is 1. The monoisotopic (exact) mass is 343 g/mol. The minimum absolute atomic E-state index is 0.0730. The molecular weight excluding hydrogens is 322 g/mol. The molecule has 4 heteroatoms. The summed E-state index contributed by atoms with van der Waals surface area (Å²) < 4.78 is 0. The first kappa shape index (κ1) is 15.3. The van der Waals surface area contributed by atoms with Crippen LogP contribution in [0.4, 0.5) is 0 Å². The number of aromatic amines is 2. The van der Waals surface area contributed by atoms with Crippen molar-refractivity contribution < 1.29 is 4.79 Å². The molecule has 0 spiro atoms. The fourth-order valence-corrected chi connectivity index (χ4v) is 4.26. The number of hydrogen-bond donors (Lipinski definition) is 3. The number of H-pyrrole nitrogens is 2. The molecule has 26 heavy (non-hydrogen) atoms. The molecule has 1 aliphatic rings. The zero-order valence-corrected chi connectivity index (χ0v) is 14.5. The topological polar surface area (TPSA) is 60.7 Å². The predicted octanol–water partition coefficient (Wildman–Crippen LogP) is 4.39. The molecule has 0 bridgehead atoms. The third kappa shape index (κ3) is 2.49. The maximum absolute atomic E-state index is 12.7. The van der Waals surface area contributed by atoms with Crippen molar-refractivity contribution >= 4 is 27.7 Å². The Balaban J connectivity index is 1.39. The first-order valence-electron chi connectivity index (χ1n) is 9.23.